The lowest BCUT2D eigenvalue weighted by Gasteiger charge is -2.24. The molecule has 0 saturated carbocycles. The lowest BCUT2D eigenvalue weighted by Crippen LogP contribution is -2.36. The fourth-order valence-electron chi connectivity index (χ4n) is 4.43. The van der Waals surface area contributed by atoms with Gasteiger partial charge in [0.2, 0.25) is 0 Å². The normalized spacial score (nSPS) is 15.4. The number of urea groups is 1. The van der Waals surface area contributed by atoms with Crippen molar-refractivity contribution in [2.24, 2.45) is 0 Å². The molecule has 4 N–H and O–H groups in total. The average molecular weight is 599 g/mol. The molecule has 1 aliphatic heterocycles. The first-order valence-corrected chi connectivity index (χ1v) is 13.2. The topological polar surface area (TPSA) is 150 Å². The molecule has 1 saturated heterocycles. The fraction of sp³-hybridized carbons (Fsp3) is 0.321. The number of hydrogen-bond donors (Lipinski definition) is 3. The number of aromatic nitrogens is 4. The fourth-order valence-corrected chi connectivity index (χ4v) is 4.43. The number of nitrogen functional groups attached to an aromatic ring is 1. The van der Waals surface area contributed by atoms with E-state index in [-0.39, 0.29) is 23.8 Å². The number of hydrogen-bond acceptors (Lipinski definition) is 8. The molecule has 3 heterocycles. The Morgan fingerprint density at radius 2 is 1.77 bits per heavy atom. The number of anilines is 3. The molecule has 1 aliphatic rings. The summed E-state index contributed by atoms with van der Waals surface area (Å²) in [7, 11) is 0. The quantitative estimate of drug-likeness (QED) is 0.275. The maximum absolute atomic E-state index is 13.5. The number of halogens is 3. The van der Waals surface area contributed by atoms with Gasteiger partial charge in [0.25, 0.3) is 0 Å². The van der Waals surface area contributed by atoms with Crippen LogP contribution in [0.15, 0.2) is 55.1 Å². The van der Waals surface area contributed by atoms with Crippen LogP contribution in [-0.2, 0) is 10.9 Å². The Hall–Kier alpha value is -5.08. The van der Waals surface area contributed by atoms with Crippen molar-refractivity contribution < 1.29 is 32.2 Å². The smallest absolute Gasteiger partial charge is 0.416 e. The number of benzene rings is 2. The minimum atomic E-state index is -4.64. The lowest BCUT2D eigenvalue weighted by atomic mass is 10.1. The molecule has 4 aromatic rings. The van der Waals surface area contributed by atoms with Crippen LogP contribution in [0.4, 0.5) is 40.0 Å². The number of amides is 3. The van der Waals surface area contributed by atoms with Gasteiger partial charge in [-0.1, -0.05) is 0 Å². The molecule has 0 spiro atoms. The van der Waals surface area contributed by atoms with Crippen LogP contribution in [0.1, 0.15) is 32.8 Å². The van der Waals surface area contributed by atoms with Crippen molar-refractivity contribution in [3.8, 4) is 11.4 Å². The van der Waals surface area contributed by atoms with E-state index in [2.05, 4.69) is 25.6 Å². The third-order valence-electron chi connectivity index (χ3n) is 6.41. The molecule has 0 bridgehead atoms. The minimum Gasteiger partial charge on any atom is -0.486 e. The number of nitrogens with two attached hydrogens (primary N) is 1. The van der Waals surface area contributed by atoms with Crippen LogP contribution >= 0.6 is 0 Å². The second kappa shape index (κ2) is 11.3. The van der Waals surface area contributed by atoms with Crippen molar-refractivity contribution in [3.05, 3.63) is 60.7 Å². The maximum Gasteiger partial charge on any atom is 0.416 e. The first-order chi connectivity index (χ1) is 20.3. The minimum absolute atomic E-state index is 0.0304. The Labute approximate surface area is 244 Å². The first-order valence-electron chi connectivity index (χ1n) is 13.2. The summed E-state index contributed by atoms with van der Waals surface area (Å²) in [4.78, 5) is 39.1. The maximum atomic E-state index is 13.5. The van der Waals surface area contributed by atoms with Crippen LogP contribution in [0.2, 0.25) is 0 Å². The highest BCUT2D eigenvalue weighted by atomic mass is 19.4. The van der Waals surface area contributed by atoms with Gasteiger partial charge in [0.15, 0.2) is 17.0 Å². The summed E-state index contributed by atoms with van der Waals surface area (Å²) in [6.45, 7) is 5.79. The van der Waals surface area contributed by atoms with E-state index in [9.17, 15) is 22.8 Å². The number of rotatable bonds is 5. The molecule has 3 amide bonds. The van der Waals surface area contributed by atoms with Gasteiger partial charge < -0.3 is 30.7 Å². The van der Waals surface area contributed by atoms with Crippen molar-refractivity contribution in [1.29, 1.82) is 0 Å². The second-order valence-corrected chi connectivity index (χ2v) is 10.8. The largest absolute Gasteiger partial charge is 0.486 e. The third kappa shape index (κ3) is 6.88. The molecule has 0 radical (unpaired) electrons. The van der Waals surface area contributed by atoms with Crippen molar-refractivity contribution in [2.75, 3.05) is 29.5 Å². The van der Waals surface area contributed by atoms with E-state index in [0.717, 1.165) is 18.2 Å². The first kappa shape index (κ1) is 29.4. The number of likely N-dealkylation sites (tertiary alicyclic amines) is 1. The van der Waals surface area contributed by atoms with Gasteiger partial charge >= 0.3 is 18.3 Å². The van der Waals surface area contributed by atoms with E-state index < -0.39 is 35.6 Å². The van der Waals surface area contributed by atoms with E-state index in [1.165, 1.54) is 17.6 Å². The highest BCUT2D eigenvalue weighted by Gasteiger charge is 2.34. The Bertz CT molecular complexity index is 1650. The summed E-state index contributed by atoms with van der Waals surface area (Å²) in [5.41, 5.74) is 6.02. The Morgan fingerprint density at radius 3 is 2.47 bits per heavy atom. The number of alkyl halides is 3. The summed E-state index contributed by atoms with van der Waals surface area (Å²) >= 11 is 0. The molecule has 1 atom stereocenters. The highest BCUT2D eigenvalue weighted by Crippen LogP contribution is 2.36. The van der Waals surface area contributed by atoms with Crippen molar-refractivity contribution in [2.45, 2.75) is 45.1 Å². The molecule has 43 heavy (non-hydrogen) atoms. The van der Waals surface area contributed by atoms with Gasteiger partial charge in [-0.3, -0.25) is 4.57 Å². The van der Waals surface area contributed by atoms with Crippen molar-refractivity contribution in [3.63, 3.8) is 0 Å². The van der Waals surface area contributed by atoms with Gasteiger partial charge in [0, 0.05) is 24.3 Å². The van der Waals surface area contributed by atoms with Gasteiger partial charge in [0.05, 0.1) is 17.8 Å². The Morgan fingerprint density at radius 1 is 1.02 bits per heavy atom. The van der Waals surface area contributed by atoms with Crippen LogP contribution in [-0.4, -0.2) is 61.3 Å². The second-order valence-electron chi connectivity index (χ2n) is 10.8. The number of nitrogens with one attached hydrogen (secondary N) is 2. The number of carbonyl (C=O) groups excluding carboxylic acids is 2. The van der Waals surface area contributed by atoms with E-state index in [4.69, 9.17) is 15.2 Å². The van der Waals surface area contributed by atoms with Crippen molar-refractivity contribution >= 4 is 40.5 Å². The van der Waals surface area contributed by atoms with Gasteiger partial charge in [0.1, 0.15) is 30.1 Å². The van der Waals surface area contributed by atoms with E-state index >= 15 is 0 Å². The number of fused-ring (bicyclic) bond motifs is 1. The van der Waals surface area contributed by atoms with Gasteiger partial charge in [-0.2, -0.15) is 13.2 Å². The van der Waals surface area contributed by atoms with E-state index in [1.807, 2.05) is 0 Å². The lowest BCUT2D eigenvalue weighted by molar-refractivity contribution is -0.137. The Kier molecular flexibility index (Phi) is 7.73. The summed E-state index contributed by atoms with van der Waals surface area (Å²) < 4.78 is 53.5. The van der Waals surface area contributed by atoms with Crippen molar-refractivity contribution in [1.82, 2.24) is 24.4 Å². The molecule has 15 heteroatoms. The zero-order valence-electron chi connectivity index (χ0n) is 23.5. The molecule has 1 fully saturated rings. The Balaban J connectivity index is 1.28. The average Bonchev–Trinajstić information content (AvgIpc) is 3.57. The zero-order chi connectivity index (χ0) is 30.9. The monoisotopic (exact) mass is 598 g/mol. The third-order valence-corrected chi connectivity index (χ3v) is 6.41. The molecule has 226 valence electrons. The molecular weight excluding hydrogens is 569 g/mol. The molecule has 2 aromatic carbocycles. The van der Waals surface area contributed by atoms with Crippen LogP contribution in [0.3, 0.4) is 0 Å². The van der Waals surface area contributed by atoms with Crippen LogP contribution in [0.5, 0.6) is 5.75 Å². The van der Waals surface area contributed by atoms with E-state index in [1.54, 1.807) is 49.6 Å². The molecule has 12 nitrogen and oxygen atoms in total. The van der Waals surface area contributed by atoms with Gasteiger partial charge in [-0.05, 0) is 63.2 Å². The van der Waals surface area contributed by atoms with Crippen LogP contribution in [0, 0.1) is 0 Å². The summed E-state index contributed by atoms with van der Waals surface area (Å²) in [6.07, 6.45) is -2.37. The highest BCUT2D eigenvalue weighted by molar-refractivity contribution is 6.00. The molecular formula is C28H29F3N8O4. The molecule has 2 aromatic heterocycles. The van der Waals surface area contributed by atoms with E-state index in [0.29, 0.717) is 35.5 Å². The number of carbonyl (C=O) groups is 2. The standard InChI is InChI=1S/C28H29F3N8O4/c1-27(2,3)43-26(41)38-11-10-19(13-38)42-21-9-4-16(28(29,30)31)12-20(21)37-25(40)36-17-5-7-18(8-6-17)39-15-35-22-23(32)33-14-34-24(22)39/h4-9,12,14-15,19H,10-11,13H2,1-3H3,(H2,32,33,34)(H2,36,37,40). The zero-order valence-corrected chi connectivity index (χ0v) is 23.5. The molecule has 1 unspecified atom stereocenters. The summed E-state index contributed by atoms with van der Waals surface area (Å²) in [5.74, 6) is 0.271. The molecule has 0 aliphatic carbocycles. The predicted molar refractivity (Wildman–Crippen MR) is 152 cm³/mol. The van der Waals surface area contributed by atoms with Gasteiger partial charge in [-0.15, -0.1) is 0 Å². The summed E-state index contributed by atoms with van der Waals surface area (Å²) in [6, 6.07) is 8.65. The number of imidazole rings is 1. The summed E-state index contributed by atoms with van der Waals surface area (Å²) in [5, 5.41) is 5.06. The SMILES string of the molecule is CC(C)(C)OC(=O)N1CCC(Oc2ccc(C(F)(F)F)cc2NC(=O)Nc2ccc(-n3cnc4c(N)ncnc43)cc2)C1. The number of ether oxygens (including phenoxy) is 2. The number of nitrogens with zero attached hydrogens (tertiary/aromatic N) is 5. The molecule has 5 rings (SSSR count). The van der Waals surface area contributed by atoms with Gasteiger partial charge in [-0.25, -0.2) is 24.5 Å². The predicted octanol–water partition coefficient (Wildman–Crippen LogP) is 5.45. The van der Waals surface area contributed by atoms with Crippen LogP contribution < -0.4 is 21.1 Å². The van der Waals surface area contributed by atoms with Crippen LogP contribution in [0.25, 0.3) is 16.9 Å².